The lowest BCUT2D eigenvalue weighted by Gasteiger charge is -2.16. The fourth-order valence-corrected chi connectivity index (χ4v) is 5.30. The molecule has 2 rings (SSSR count). The predicted octanol–water partition coefficient (Wildman–Crippen LogP) is 3.43. The Balaban J connectivity index is 2.29. The van der Waals surface area contributed by atoms with Gasteiger partial charge in [-0.2, -0.15) is 0 Å². The molecule has 0 amide bonds. The van der Waals surface area contributed by atoms with Crippen LogP contribution in [0.2, 0.25) is 0 Å². The van der Waals surface area contributed by atoms with Gasteiger partial charge in [-0.3, -0.25) is 0 Å². The van der Waals surface area contributed by atoms with Crippen molar-refractivity contribution in [2.75, 3.05) is 0 Å². The molecule has 0 aliphatic carbocycles. The fourth-order valence-electron chi connectivity index (χ4n) is 1.94. The number of rotatable bonds is 6. The quantitative estimate of drug-likeness (QED) is 0.794. The van der Waals surface area contributed by atoms with Gasteiger partial charge in [0.05, 0.1) is 17.5 Å². The van der Waals surface area contributed by atoms with Gasteiger partial charge in [-0.25, -0.2) is 13.1 Å². The molecule has 0 bridgehead atoms. The highest BCUT2D eigenvalue weighted by molar-refractivity contribution is 9.10. The van der Waals surface area contributed by atoms with Crippen LogP contribution in [0.1, 0.15) is 29.8 Å². The largest absolute Gasteiger partial charge is 0.392 e. The van der Waals surface area contributed by atoms with Crippen LogP contribution in [0.3, 0.4) is 0 Å². The molecule has 114 valence electrons. The van der Waals surface area contributed by atoms with Gasteiger partial charge >= 0.3 is 0 Å². The first-order chi connectivity index (χ1) is 9.97. The van der Waals surface area contributed by atoms with Crippen molar-refractivity contribution in [1.29, 1.82) is 0 Å². The molecule has 0 saturated heterocycles. The van der Waals surface area contributed by atoms with Gasteiger partial charge in [0.2, 0.25) is 10.0 Å². The molecule has 21 heavy (non-hydrogen) atoms. The van der Waals surface area contributed by atoms with E-state index >= 15 is 0 Å². The van der Waals surface area contributed by atoms with E-state index in [4.69, 9.17) is 5.11 Å². The molecule has 0 fully saturated rings. The summed E-state index contributed by atoms with van der Waals surface area (Å²) in [6, 6.07) is 8.30. The number of benzene rings is 1. The lowest BCUT2D eigenvalue weighted by Crippen LogP contribution is -2.28. The molecule has 1 atom stereocenters. The number of sulfonamides is 1. The molecule has 1 heterocycles. The molecular weight excluding hydrogens is 374 g/mol. The van der Waals surface area contributed by atoms with Crippen molar-refractivity contribution in [2.45, 2.75) is 30.9 Å². The van der Waals surface area contributed by atoms with Crippen molar-refractivity contribution >= 4 is 37.3 Å². The van der Waals surface area contributed by atoms with Crippen LogP contribution in [0.25, 0.3) is 0 Å². The van der Waals surface area contributed by atoms with Gasteiger partial charge in [0.15, 0.2) is 0 Å². The van der Waals surface area contributed by atoms with E-state index in [1.807, 2.05) is 24.4 Å². The van der Waals surface area contributed by atoms with E-state index in [1.54, 1.807) is 12.1 Å². The van der Waals surface area contributed by atoms with E-state index in [-0.39, 0.29) is 17.5 Å². The van der Waals surface area contributed by atoms with Gasteiger partial charge in [0.1, 0.15) is 0 Å². The maximum Gasteiger partial charge on any atom is 0.242 e. The predicted molar refractivity (Wildman–Crippen MR) is 87.7 cm³/mol. The minimum Gasteiger partial charge on any atom is -0.392 e. The van der Waals surface area contributed by atoms with Crippen LogP contribution in [0, 0.1) is 0 Å². The maximum absolute atomic E-state index is 12.5. The summed E-state index contributed by atoms with van der Waals surface area (Å²) < 4.78 is 28.2. The number of aliphatic hydroxyl groups is 1. The van der Waals surface area contributed by atoms with E-state index in [9.17, 15) is 8.42 Å². The van der Waals surface area contributed by atoms with E-state index in [1.165, 1.54) is 17.4 Å². The minimum atomic E-state index is -3.63. The van der Waals surface area contributed by atoms with Gasteiger partial charge in [-0.15, -0.1) is 11.3 Å². The number of nitrogens with one attached hydrogen (secondary N) is 1. The fraction of sp³-hybridized carbons (Fsp3) is 0.286. The zero-order valence-electron chi connectivity index (χ0n) is 11.4. The first-order valence-electron chi connectivity index (χ1n) is 6.43. The smallest absolute Gasteiger partial charge is 0.242 e. The SMILES string of the molecule is CCC(NS(=O)(=O)c1ccc(CO)cc1Br)c1cccs1. The van der Waals surface area contributed by atoms with Gasteiger partial charge < -0.3 is 5.11 Å². The second kappa shape index (κ2) is 7.02. The lowest BCUT2D eigenvalue weighted by atomic mass is 10.2. The van der Waals surface area contributed by atoms with E-state index in [0.29, 0.717) is 16.5 Å². The molecule has 0 spiro atoms. The van der Waals surface area contributed by atoms with Crippen molar-refractivity contribution in [3.8, 4) is 0 Å². The Hall–Kier alpha value is -0.730. The Morgan fingerprint density at radius 1 is 1.38 bits per heavy atom. The lowest BCUT2D eigenvalue weighted by molar-refractivity contribution is 0.281. The second-order valence-electron chi connectivity index (χ2n) is 4.52. The third-order valence-corrected chi connectivity index (χ3v) is 6.50. The van der Waals surface area contributed by atoms with Crippen LogP contribution in [0.5, 0.6) is 0 Å². The average molecular weight is 390 g/mol. The summed E-state index contributed by atoms with van der Waals surface area (Å²) in [5.74, 6) is 0. The Labute approximate surface area is 137 Å². The molecule has 4 nitrogen and oxygen atoms in total. The summed E-state index contributed by atoms with van der Waals surface area (Å²) in [6.07, 6.45) is 0.673. The van der Waals surface area contributed by atoms with E-state index in [0.717, 1.165) is 4.88 Å². The van der Waals surface area contributed by atoms with Crippen molar-refractivity contribution in [1.82, 2.24) is 4.72 Å². The van der Waals surface area contributed by atoms with Crippen LogP contribution in [0.15, 0.2) is 45.1 Å². The summed E-state index contributed by atoms with van der Waals surface area (Å²) >= 11 is 4.79. The third kappa shape index (κ3) is 3.92. The van der Waals surface area contributed by atoms with E-state index in [2.05, 4.69) is 20.7 Å². The topological polar surface area (TPSA) is 66.4 Å². The zero-order valence-corrected chi connectivity index (χ0v) is 14.6. The van der Waals surface area contributed by atoms with Gasteiger partial charge in [-0.05, 0) is 51.5 Å². The van der Waals surface area contributed by atoms with Gasteiger partial charge in [0.25, 0.3) is 0 Å². The van der Waals surface area contributed by atoms with Crippen LogP contribution in [-0.2, 0) is 16.6 Å². The second-order valence-corrected chi connectivity index (χ2v) is 8.04. The first kappa shape index (κ1) is 16.6. The van der Waals surface area contributed by atoms with Crippen LogP contribution in [0.4, 0.5) is 0 Å². The molecule has 1 aromatic carbocycles. The monoisotopic (exact) mass is 389 g/mol. The number of thiophene rings is 1. The Morgan fingerprint density at radius 2 is 2.14 bits per heavy atom. The van der Waals surface area contributed by atoms with Crippen molar-refractivity contribution < 1.29 is 13.5 Å². The minimum absolute atomic E-state index is 0.126. The molecule has 2 aromatic rings. The van der Waals surface area contributed by atoms with Crippen LogP contribution < -0.4 is 4.72 Å². The van der Waals surface area contributed by atoms with Crippen molar-refractivity contribution in [3.63, 3.8) is 0 Å². The summed E-state index contributed by atoms with van der Waals surface area (Å²) in [7, 11) is -3.63. The summed E-state index contributed by atoms with van der Waals surface area (Å²) in [6.45, 7) is 1.82. The first-order valence-corrected chi connectivity index (χ1v) is 9.58. The molecule has 0 radical (unpaired) electrons. The number of hydrogen-bond acceptors (Lipinski definition) is 4. The summed E-state index contributed by atoms with van der Waals surface area (Å²) in [4.78, 5) is 1.17. The summed E-state index contributed by atoms with van der Waals surface area (Å²) in [5.41, 5.74) is 0.658. The zero-order chi connectivity index (χ0) is 15.5. The molecule has 0 aliphatic heterocycles. The average Bonchev–Trinajstić information content (AvgIpc) is 2.98. The van der Waals surface area contributed by atoms with Crippen LogP contribution >= 0.6 is 27.3 Å². The van der Waals surface area contributed by atoms with Crippen LogP contribution in [-0.4, -0.2) is 13.5 Å². The maximum atomic E-state index is 12.5. The molecule has 2 N–H and O–H groups in total. The number of aliphatic hydroxyl groups excluding tert-OH is 1. The van der Waals surface area contributed by atoms with E-state index < -0.39 is 10.0 Å². The van der Waals surface area contributed by atoms with Gasteiger partial charge in [-0.1, -0.05) is 19.1 Å². The molecule has 1 aromatic heterocycles. The number of hydrogen-bond donors (Lipinski definition) is 2. The Morgan fingerprint density at radius 3 is 2.67 bits per heavy atom. The highest BCUT2D eigenvalue weighted by atomic mass is 79.9. The molecular formula is C14H16BrNO3S2. The summed E-state index contributed by atoms with van der Waals surface area (Å²) in [5, 5.41) is 11.0. The highest BCUT2D eigenvalue weighted by Crippen LogP contribution is 2.27. The standard InChI is InChI=1S/C14H16BrNO3S2/c1-2-12(13-4-3-7-20-13)16-21(18,19)14-6-5-10(9-17)8-11(14)15/h3-8,12,16-17H,2,9H2,1H3. The van der Waals surface area contributed by atoms with Crippen molar-refractivity contribution in [3.05, 3.63) is 50.6 Å². The Bertz CT molecular complexity index is 699. The van der Waals surface area contributed by atoms with Gasteiger partial charge in [0, 0.05) is 9.35 Å². The Kier molecular flexibility index (Phi) is 5.56. The normalized spacial score (nSPS) is 13.3. The van der Waals surface area contributed by atoms with Crippen molar-refractivity contribution in [2.24, 2.45) is 0 Å². The highest BCUT2D eigenvalue weighted by Gasteiger charge is 2.23. The third-order valence-electron chi connectivity index (χ3n) is 3.06. The molecule has 7 heteroatoms. The number of halogens is 1. The molecule has 1 unspecified atom stereocenters. The molecule has 0 saturated carbocycles. The molecule has 0 aliphatic rings.